The predicted molar refractivity (Wildman–Crippen MR) is 87.5 cm³/mol. The lowest BCUT2D eigenvalue weighted by molar-refractivity contribution is -0.137. The zero-order chi connectivity index (χ0) is 16.9. The van der Waals surface area contributed by atoms with Crippen molar-refractivity contribution in [3.63, 3.8) is 0 Å². The van der Waals surface area contributed by atoms with Crippen LogP contribution in [-0.4, -0.2) is 11.0 Å². The van der Waals surface area contributed by atoms with Crippen LogP contribution in [0.2, 0.25) is 0 Å². The first-order chi connectivity index (χ1) is 11.3. The van der Waals surface area contributed by atoms with Gasteiger partial charge in [0.25, 0.3) is 0 Å². The highest BCUT2D eigenvalue weighted by molar-refractivity contribution is 5.37. The Kier molecular flexibility index (Phi) is 3.81. The van der Waals surface area contributed by atoms with Crippen molar-refractivity contribution in [2.45, 2.75) is 64.1 Å². The number of nitrogens with zero attached hydrogens (tertiary/aromatic N) is 1. The highest BCUT2D eigenvalue weighted by Gasteiger charge is 2.50. The van der Waals surface area contributed by atoms with Crippen molar-refractivity contribution < 1.29 is 13.2 Å². The number of halogens is 3. The first-order valence-corrected chi connectivity index (χ1v) is 9.11. The van der Waals surface area contributed by atoms with Crippen LogP contribution in [0.3, 0.4) is 0 Å². The van der Waals surface area contributed by atoms with E-state index in [-0.39, 0.29) is 6.04 Å². The summed E-state index contributed by atoms with van der Waals surface area (Å²) in [7, 11) is 0. The molecule has 1 aromatic rings. The summed E-state index contributed by atoms with van der Waals surface area (Å²) in [6.45, 7) is 2.14. The molecule has 4 aliphatic rings. The molecule has 5 rings (SSSR count). The van der Waals surface area contributed by atoms with Crippen molar-refractivity contribution in [2.75, 3.05) is 5.32 Å². The number of anilines is 1. The van der Waals surface area contributed by atoms with Crippen molar-refractivity contribution in [1.29, 1.82) is 0 Å². The van der Waals surface area contributed by atoms with Crippen molar-refractivity contribution >= 4 is 5.82 Å². The van der Waals surface area contributed by atoms with Crippen LogP contribution in [-0.2, 0) is 6.18 Å². The maximum atomic E-state index is 12.6. The number of nitrogens with one attached hydrogen (secondary N) is 1. The second-order valence-electron chi connectivity index (χ2n) is 8.60. The van der Waals surface area contributed by atoms with Crippen LogP contribution in [0.25, 0.3) is 0 Å². The largest absolute Gasteiger partial charge is 0.417 e. The summed E-state index contributed by atoms with van der Waals surface area (Å²) in [5.41, 5.74) is -0.227. The molecule has 1 unspecified atom stereocenters. The minimum absolute atomic E-state index is 0.241. The summed E-state index contributed by atoms with van der Waals surface area (Å²) < 4.78 is 37.8. The number of pyridine rings is 1. The van der Waals surface area contributed by atoms with Crippen LogP contribution < -0.4 is 5.32 Å². The Bertz CT molecular complexity index is 558. The van der Waals surface area contributed by atoms with Crippen LogP contribution in [0, 0.1) is 23.2 Å². The fourth-order valence-corrected chi connectivity index (χ4v) is 6.14. The molecule has 24 heavy (non-hydrogen) atoms. The normalized spacial score (nSPS) is 35.9. The minimum Gasteiger partial charge on any atom is -0.368 e. The Hall–Kier alpha value is -1.26. The molecule has 132 valence electrons. The molecule has 1 aromatic heterocycles. The van der Waals surface area contributed by atoms with E-state index in [1.54, 1.807) is 0 Å². The van der Waals surface area contributed by atoms with Gasteiger partial charge in [0.2, 0.25) is 0 Å². The Morgan fingerprint density at radius 1 is 1.12 bits per heavy atom. The summed E-state index contributed by atoms with van der Waals surface area (Å²) in [6.07, 6.45) is 6.06. The van der Waals surface area contributed by atoms with Gasteiger partial charge in [-0.25, -0.2) is 4.98 Å². The van der Waals surface area contributed by atoms with E-state index in [2.05, 4.69) is 17.2 Å². The molecule has 0 aliphatic heterocycles. The second-order valence-corrected chi connectivity index (χ2v) is 8.60. The standard InChI is InChI=1S/C19H25F3N2/c1-12(24-17-3-2-16(11-23-17)19(20,21)22)7-18-8-13-4-14(9-18)6-15(5-13)10-18/h2-3,11-15H,4-10H2,1H3,(H,23,24). The fraction of sp³-hybridized carbons (Fsp3) is 0.737. The highest BCUT2D eigenvalue weighted by Crippen LogP contribution is 2.61. The molecule has 1 N–H and O–H groups in total. The van der Waals surface area contributed by atoms with E-state index in [4.69, 9.17) is 0 Å². The quantitative estimate of drug-likeness (QED) is 0.783. The van der Waals surface area contributed by atoms with Gasteiger partial charge in [-0.1, -0.05) is 0 Å². The third-order valence-electron chi connectivity index (χ3n) is 6.39. The van der Waals surface area contributed by atoms with Gasteiger partial charge in [0.1, 0.15) is 5.82 Å². The predicted octanol–water partition coefficient (Wildman–Crippen LogP) is 5.51. The van der Waals surface area contributed by atoms with Gasteiger partial charge >= 0.3 is 6.18 Å². The van der Waals surface area contributed by atoms with Gasteiger partial charge < -0.3 is 5.32 Å². The van der Waals surface area contributed by atoms with E-state index in [0.717, 1.165) is 36.4 Å². The molecule has 4 fully saturated rings. The van der Waals surface area contributed by atoms with Crippen LogP contribution in [0.5, 0.6) is 0 Å². The van der Waals surface area contributed by atoms with E-state index in [9.17, 15) is 13.2 Å². The third kappa shape index (κ3) is 3.14. The van der Waals surface area contributed by atoms with E-state index >= 15 is 0 Å². The van der Waals surface area contributed by atoms with Crippen LogP contribution in [0.1, 0.15) is 57.4 Å². The molecule has 0 aromatic carbocycles. The van der Waals surface area contributed by atoms with Gasteiger partial charge in [-0.05, 0) is 87.2 Å². The summed E-state index contributed by atoms with van der Waals surface area (Å²) in [4.78, 5) is 3.95. The molecule has 0 spiro atoms. The van der Waals surface area contributed by atoms with E-state index in [1.807, 2.05) is 0 Å². The second kappa shape index (κ2) is 5.63. The third-order valence-corrected chi connectivity index (χ3v) is 6.39. The molecule has 0 radical (unpaired) electrons. The summed E-state index contributed by atoms with van der Waals surface area (Å²) in [5, 5.41) is 3.32. The number of hydrogen-bond acceptors (Lipinski definition) is 2. The lowest BCUT2D eigenvalue weighted by Gasteiger charge is -2.57. The molecule has 4 aliphatic carbocycles. The monoisotopic (exact) mass is 338 g/mol. The molecular formula is C19H25F3N2. The van der Waals surface area contributed by atoms with Gasteiger partial charge in [0.15, 0.2) is 0 Å². The Morgan fingerprint density at radius 3 is 2.17 bits per heavy atom. The molecule has 5 heteroatoms. The average Bonchev–Trinajstić information content (AvgIpc) is 2.44. The summed E-state index contributed by atoms with van der Waals surface area (Å²) >= 11 is 0. The number of alkyl halides is 3. The van der Waals surface area contributed by atoms with Crippen LogP contribution in [0.4, 0.5) is 19.0 Å². The summed E-state index contributed by atoms with van der Waals surface area (Å²) in [5.74, 6) is 3.31. The molecular weight excluding hydrogens is 313 g/mol. The molecule has 2 nitrogen and oxygen atoms in total. The minimum atomic E-state index is -4.32. The topological polar surface area (TPSA) is 24.9 Å². The Morgan fingerprint density at radius 2 is 1.71 bits per heavy atom. The Labute approximate surface area is 141 Å². The maximum absolute atomic E-state index is 12.6. The van der Waals surface area contributed by atoms with Gasteiger partial charge in [0, 0.05) is 12.2 Å². The van der Waals surface area contributed by atoms with Gasteiger partial charge in [0.05, 0.1) is 5.56 Å². The molecule has 1 heterocycles. The van der Waals surface area contributed by atoms with E-state index in [0.29, 0.717) is 11.2 Å². The van der Waals surface area contributed by atoms with E-state index < -0.39 is 11.7 Å². The van der Waals surface area contributed by atoms with E-state index in [1.165, 1.54) is 44.6 Å². The first-order valence-electron chi connectivity index (χ1n) is 9.11. The molecule has 4 bridgehead atoms. The first kappa shape index (κ1) is 16.2. The zero-order valence-electron chi connectivity index (χ0n) is 14.1. The summed E-state index contributed by atoms with van der Waals surface area (Å²) in [6, 6.07) is 2.79. The van der Waals surface area contributed by atoms with Crippen molar-refractivity contribution in [3.05, 3.63) is 23.9 Å². The molecule has 1 atom stereocenters. The van der Waals surface area contributed by atoms with Gasteiger partial charge in [-0.3, -0.25) is 0 Å². The maximum Gasteiger partial charge on any atom is 0.417 e. The van der Waals surface area contributed by atoms with Crippen molar-refractivity contribution in [3.8, 4) is 0 Å². The fourth-order valence-electron chi connectivity index (χ4n) is 6.14. The smallest absolute Gasteiger partial charge is 0.368 e. The highest BCUT2D eigenvalue weighted by atomic mass is 19.4. The van der Waals surface area contributed by atoms with Crippen molar-refractivity contribution in [1.82, 2.24) is 4.98 Å². The Balaban J connectivity index is 1.39. The number of rotatable bonds is 4. The molecule has 0 amide bonds. The SMILES string of the molecule is CC(CC12CC3CC(CC(C3)C1)C2)Nc1ccc(C(F)(F)F)cn1. The van der Waals surface area contributed by atoms with Gasteiger partial charge in [-0.2, -0.15) is 13.2 Å². The lowest BCUT2D eigenvalue weighted by Crippen LogP contribution is -2.47. The van der Waals surface area contributed by atoms with Crippen molar-refractivity contribution in [2.24, 2.45) is 23.2 Å². The van der Waals surface area contributed by atoms with Crippen LogP contribution in [0.15, 0.2) is 18.3 Å². The zero-order valence-corrected chi connectivity index (χ0v) is 14.1. The van der Waals surface area contributed by atoms with Gasteiger partial charge in [-0.15, -0.1) is 0 Å². The molecule has 4 saturated carbocycles. The number of aromatic nitrogens is 1. The lowest BCUT2D eigenvalue weighted by atomic mass is 9.48. The molecule has 0 saturated heterocycles. The number of hydrogen-bond donors (Lipinski definition) is 1. The van der Waals surface area contributed by atoms with Crippen LogP contribution >= 0.6 is 0 Å². The average molecular weight is 338 g/mol.